The van der Waals surface area contributed by atoms with Crippen molar-refractivity contribution in [2.75, 3.05) is 16.7 Å². The lowest BCUT2D eigenvalue weighted by Crippen LogP contribution is -2.36. The molecule has 0 spiro atoms. The fourth-order valence-electron chi connectivity index (χ4n) is 3.48. The zero-order valence-corrected chi connectivity index (χ0v) is 20.8. The first-order valence-electron chi connectivity index (χ1n) is 10.7. The van der Waals surface area contributed by atoms with Gasteiger partial charge in [-0.3, -0.25) is 8.99 Å². The van der Waals surface area contributed by atoms with Gasteiger partial charge in [-0.05, 0) is 48.9 Å². The van der Waals surface area contributed by atoms with Crippen LogP contribution in [0.25, 0.3) is 10.6 Å². The summed E-state index contributed by atoms with van der Waals surface area (Å²) in [5, 5.41) is 8.99. The first-order chi connectivity index (χ1) is 16.9. The van der Waals surface area contributed by atoms with E-state index in [-0.39, 0.29) is 22.0 Å². The Kier molecular flexibility index (Phi) is 6.96. The summed E-state index contributed by atoms with van der Waals surface area (Å²) < 4.78 is 67.3. The van der Waals surface area contributed by atoms with Crippen molar-refractivity contribution < 1.29 is 26.4 Å². The summed E-state index contributed by atoms with van der Waals surface area (Å²) in [6.45, 7) is 0. The number of hydrogen-bond acceptors (Lipinski definition) is 5. The third-order valence-corrected chi connectivity index (χ3v) is 8.77. The maximum atomic E-state index is 13.2. The molecule has 2 amide bonds. The Morgan fingerprint density at radius 2 is 1.89 bits per heavy atom. The second-order valence-electron chi connectivity index (χ2n) is 7.93. The first-order valence-corrected chi connectivity index (χ1v) is 12.9. The summed E-state index contributed by atoms with van der Waals surface area (Å²) in [6, 6.07) is 9.43. The summed E-state index contributed by atoms with van der Waals surface area (Å²) in [7, 11) is -1.24. The predicted molar refractivity (Wildman–Crippen MR) is 132 cm³/mol. The minimum absolute atomic E-state index is 0.0362. The number of amides is 2. The zero-order chi connectivity index (χ0) is 26.1. The van der Waals surface area contributed by atoms with E-state index in [9.17, 15) is 26.4 Å². The van der Waals surface area contributed by atoms with Gasteiger partial charge in [0.25, 0.3) is 10.0 Å². The van der Waals surface area contributed by atoms with Crippen LogP contribution in [0.2, 0.25) is 0 Å². The lowest BCUT2D eigenvalue weighted by Gasteiger charge is -2.19. The number of rotatable bonds is 6. The molecule has 0 saturated heterocycles. The summed E-state index contributed by atoms with van der Waals surface area (Å²) in [6.07, 6.45) is 3.67. The molecule has 2 N–H and O–H groups in total. The van der Waals surface area contributed by atoms with E-state index in [0.29, 0.717) is 22.7 Å². The Balaban J connectivity index is 1.46. The second kappa shape index (κ2) is 9.82. The number of halogens is 3. The monoisotopic (exact) mass is 537 g/mol. The van der Waals surface area contributed by atoms with Crippen LogP contribution in [0.3, 0.4) is 0 Å². The Bertz CT molecular complexity index is 1420. The molecule has 0 fully saturated rings. The molecular formula is C23H22F3N5O3S2. The Labute approximate surface area is 209 Å². The van der Waals surface area contributed by atoms with Crippen molar-refractivity contribution in [2.45, 2.75) is 22.8 Å². The van der Waals surface area contributed by atoms with Crippen molar-refractivity contribution in [3.63, 3.8) is 0 Å². The quantitative estimate of drug-likeness (QED) is 0.463. The maximum absolute atomic E-state index is 13.2. The van der Waals surface area contributed by atoms with Crippen LogP contribution in [0.1, 0.15) is 12.1 Å². The molecule has 0 radical (unpaired) electrons. The van der Waals surface area contributed by atoms with E-state index in [2.05, 4.69) is 15.7 Å². The molecule has 190 valence electrons. The van der Waals surface area contributed by atoms with Gasteiger partial charge in [0.05, 0.1) is 22.3 Å². The number of benzene rings is 1. The number of carbonyl (C=O) groups excluding carboxylic acids is 1. The molecule has 3 aromatic rings. The molecule has 0 bridgehead atoms. The van der Waals surface area contributed by atoms with Gasteiger partial charge in [0.15, 0.2) is 5.69 Å². The molecule has 36 heavy (non-hydrogen) atoms. The van der Waals surface area contributed by atoms with Crippen LogP contribution < -0.4 is 14.9 Å². The van der Waals surface area contributed by atoms with Gasteiger partial charge < -0.3 is 10.6 Å². The molecule has 1 unspecified atom stereocenters. The summed E-state index contributed by atoms with van der Waals surface area (Å²) in [4.78, 5) is 12.5. The van der Waals surface area contributed by atoms with E-state index < -0.39 is 21.9 Å². The number of hydrogen-bond donors (Lipinski definition) is 2. The lowest BCUT2D eigenvalue weighted by molar-refractivity contribution is -0.141. The minimum atomic E-state index is -4.60. The summed E-state index contributed by atoms with van der Waals surface area (Å²) in [5.41, 5.74) is -0.0714. The Hall–Kier alpha value is -3.58. The summed E-state index contributed by atoms with van der Waals surface area (Å²) >= 11 is 0.849. The van der Waals surface area contributed by atoms with Crippen molar-refractivity contribution >= 4 is 38.8 Å². The van der Waals surface area contributed by atoms with Gasteiger partial charge in [0.1, 0.15) is 4.21 Å². The molecule has 1 atom stereocenters. The Morgan fingerprint density at radius 3 is 2.50 bits per heavy atom. The fraction of sp³-hybridized carbons (Fsp3) is 0.217. The number of aryl methyl sites for hydroxylation is 1. The third-order valence-electron chi connectivity index (χ3n) is 5.40. The molecule has 1 aromatic carbocycles. The normalized spacial score (nSPS) is 15.6. The van der Waals surface area contributed by atoms with Gasteiger partial charge in [0.2, 0.25) is 0 Å². The highest BCUT2D eigenvalue weighted by atomic mass is 32.2. The van der Waals surface area contributed by atoms with Crippen LogP contribution in [0.5, 0.6) is 0 Å². The highest BCUT2D eigenvalue weighted by molar-refractivity contribution is 7.94. The van der Waals surface area contributed by atoms with E-state index in [1.807, 2.05) is 24.3 Å². The number of thiophene rings is 1. The molecule has 2 heterocycles. The van der Waals surface area contributed by atoms with Gasteiger partial charge in [-0.2, -0.15) is 18.3 Å². The topological polar surface area (TPSA) is 96.3 Å². The molecule has 4 rings (SSSR count). The number of alkyl halides is 3. The van der Waals surface area contributed by atoms with Gasteiger partial charge in [-0.25, -0.2) is 13.2 Å². The number of nitrogens with one attached hydrogen (secondary N) is 2. The molecule has 13 heteroatoms. The smallest absolute Gasteiger partial charge is 0.331 e. The molecule has 1 aliphatic rings. The molecule has 8 nitrogen and oxygen atoms in total. The summed E-state index contributed by atoms with van der Waals surface area (Å²) in [5.74, 6) is 0. The lowest BCUT2D eigenvalue weighted by atomic mass is 10.1. The van der Waals surface area contributed by atoms with Crippen molar-refractivity contribution in [1.82, 2.24) is 15.1 Å². The van der Waals surface area contributed by atoms with E-state index in [1.54, 1.807) is 24.3 Å². The third kappa shape index (κ3) is 5.46. The van der Waals surface area contributed by atoms with Gasteiger partial charge in [-0.15, -0.1) is 11.3 Å². The molecule has 0 aliphatic heterocycles. The average molecular weight is 538 g/mol. The molecular weight excluding hydrogens is 515 g/mol. The van der Waals surface area contributed by atoms with Crippen LogP contribution in [0, 0.1) is 0 Å². The maximum Gasteiger partial charge on any atom is 0.435 e. The number of allylic oxidation sites excluding steroid dienone is 2. The number of sulfonamides is 1. The van der Waals surface area contributed by atoms with E-state index in [1.165, 1.54) is 26.2 Å². The minimum Gasteiger partial charge on any atom is -0.331 e. The molecule has 1 aliphatic carbocycles. The molecule has 0 saturated carbocycles. The van der Waals surface area contributed by atoms with Gasteiger partial charge >= 0.3 is 12.2 Å². The predicted octanol–water partition coefficient (Wildman–Crippen LogP) is 5.00. The first kappa shape index (κ1) is 25.5. The highest BCUT2D eigenvalue weighted by Gasteiger charge is 2.35. The van der Waals surface area contributed by atoms with Crippen molar-refractivity contribution in [3.8, 4) is 10.6 Å². The Morgan fingerprint density at radius 1 is 1.17 bits per heavy atom. The SMILES string of the molecule is CN(c1ccc(NC(=O)NC2C=CC=CC2)cc1)S(=O)(=O)c1ccc(-c2cc(C(F)(F)F)nn2C)s1. The van der Waals surface area contributed by atoms with E-state index >= 15 is 0 Å². The zero-order valence-electron chi connectivity index (χ0n) is 19.2. The fourth-order valence-corrected chi connectivity index (χ4v) is 6.20. The number of aromatic nitrogens is 2. The van der Waals surface area contributed by atoms with Crippen molar-refractivity contribution in [2.24, 2.45) is 7.05 Å². The van der Waals surface area contributed by atoms with Crippen LogP contribution >= 0.6 is 11.3 Å². The largest absolute Gasteiger partial charge is 0.435 e. The van der Waals surface area contributed by atoms with Crippen LogP contribution in [0.15, 0.2) is 71.0 Å². The van der Waals surface area contributed by atoms with Crippen LogP contribution in [0.4, 0.5) is 29.3 Å². The van der Waals surface area contributed by atoms with Gasteiger partial charge in [0, 0.05) is 19.8 Å². The van der Waals surface area contributed by atoms with Gasteiger partial charge in [-0.1, -0.05) is 24.3 Å². The highest BCUT2D eigenvalue weighted by Crippen LogP contribution is 2.36. The van der Waals surface area contributed by atoms with Crippen LogP contribution in [-0.4, -0.2) is 37.3 Å². The van der Waals surface area contributed by atoms with Crippen molar-refractivity contribution in [1.29, 1.82) is 0 Å². The number of carbonyl (C=O) groups is 1. The average Bonchev–Trinajstić information content (AvgIpc) is 3.47. The number of nitrogens with zero attached hydrogens (tertiary/aromatic N) is 3. The second-order valence-corrected chi connectivity index (χ2v) is 11.2. The van der Waals surface area contributed by atoms with E-state index in [0.717, 1.165) is 26.4 Å². The van der Waals surface area contributed by atoms with E-state index in [4.69, 9.17) is 0 Å². The molecule has 2 aromatic heterocycles. The van der Waals surface area contributed by atoms with Crippen molar-refractivity contribution in [3.05, 3.63) is 72.5 Å². The standard InChI is InChI=1S/C23H22F3N5O3S2/c1-30-18(14-20(29-30)23(24,25)26)19-12-13-21(35-19)36(33,34)31(2)17-10-8-16(9-11-17)28-22(32)27-15-6-4-3-5-7-15/h3-6,8-15H,7H2,1-2H3,(H2,27,28,32). The van der Waals surface area contributed by atoms with Crippen LogP contribution in [-0.2, 0) is 23.2 Å². The number of urea groups is 1. The number of anilines is 2.